The highest BCUT2D eigenvalue weighted by molar-refractivity contribution is 8.00. The Morgan fingerprint density at radius 3 is 2.67 bits per heavy atom. The van der Waals surface area contributed by atoms with Crippen LogP contribution in [-0.4, -0.2) is 39.5 Å². The molecule has 1 amide bonds. The molecule has 0 radical (unpaired) electrons. The molecule has 174 valence electrons. The van der Waals surface area contributed by atoms with Crippen LogP contribution in [0.2, 0.25) is 0 Å². The third-order valence-electron chi connectivity index (χ3n) is 5.88. The molecule has 1 aliphatic heterocycles. The molecular formula is C26H31N3O3S. The van der Waals surface area contributed by atoms with Crippen molar-refractivity contribution >= 4 is 34.3 Å². The van der Waals surface area contributed by atoms with Gasteiger partial charge in [-0.2, -0.15) is 0 Å². The standard InChI is InChI=1S/C26H31N3O3S/c1-17(2)32-15-9-14-28-25(31)21-11-6-7-12-22(21)27-26(28)33-19(4)24(30)29-18(3)16-20-10-5-8-13-23(20)29/h5-8,10-13,17-19H,9,14-16H2,1-4H3/t18-,19-/m0/s1. The monoisotopic (exact) mass is 465 g/mol. The van der Waals surface area contributed by atoms with Crippen molar-refractivity contribution in [3.8, 4) is 0 Å². The highest BCUT2D eigenvalue weighted by Gasteiger charge is 2.34. The van der Waals surface area contributed by atoms with Crippen molar-refractivity contribution in [1.29, 1.82) is 0 Å². The number of ether oxygens (including phenoxy) is 1. The Balaban J connectivity index is 1.61. The predicted octanol–water partition coefficient (Wildman–Crippen LogP) is 4.67. The molecule has 0 fully saturated rings. The van der Waals surface area contributed by atoms with Crippen molar-refractivity contribution in [2.75, 3.05) is 11.5 Å². The van der Waals surface area contributed by atoms with Crippen LogP contribution in [0.15, 0.2) is 58.5 Å². The van der Waals surface area contributed by atoms with Gasteiger partial charge in [-0.3, -0.25) is 14.2 Å². The Labute approximate surface area is 199 Å². The maximum Gasteiger partial charge on any atom is 0.262 e. The maximum absolute atomic E-state index is 13.5. The number of carbonyl (C=O) groups is 1. The number of thioether (sulfide) groups is 1. The number of para-hydroxylation sites is 2. The van der Waals surface area contributed by atoms with Crippen molar-refractivity contribution in [2.24, 2.45) is 0 Å². The van der Waals surface area contributed by atoms with Crippen molar-refractivity contribution in [1.82, 2.24) is 9.55 Å². The Morgan fingerprint density at radius 2 is 1.88 bits per heavy atom. The van der Waals surface area contributed by atoms with Crippen LogP contribution in [-0.2, 0) is 22.5 Å². The van der Waals surface area contributed by atoms with Crippen molar-refractivity contribution in [2.45, 2.75) is 69.6 Å². The Kier molecular flexibility index (Phi) is 7.20. The molecule has 0 saturated carbocycles. The second-order valence-electron chi connectivity index (χ2n) is 8.79. The van der Waals surface area contributed by atoms with Gasteiger partial charge in [-0.25, -0.2) is 4.98 Å². The second kappa shape index (κ2) is 10.1. The minimum atomic E-state index is -0.384. The van der Waals surface area contributed by atoms with E-state index in [-0.39, 0.29) is 28.9 Å². The number of hydrogen-bond donors (Lipinski definition) is 0. The molecule has 0 bridgehead atoms. The summed E-state index contributed by atoms with van der Waals surface area (Å²) in [5.74, 6) is 0.0366. The van der Waals surface area contributed by atoms with E-state index < -0.39 is 0 Å². The molecule has 6 nitrogen and oxygen atoms in total. The maximum atomic E-state index is 13.5. The number of aromatic nitrogens is 2. The fraction of sp³-hybridized carbons (Fsp3) is 0.423. The molecule has 0 aliphatic carbocycles. The van der Waals surface area contributed by atoms with Gasteiger partial charge in [-0.1, -0.05) is 42.1 Å². The minimum absolute atomic E-state index is 0.0366. The average molecular weight is 466 g/mol. The third kappa shape index (κ3) is 4.99. The van der Waals surface area contributed by atoms with E-state index in [0.29, 0.717) is 35.6 Å². The van der Waals surface area contributed by atoms with Gasteiger partial charge in [0.05, 0.1) is 22.3 Å². The van der Waals surface area contributed by atoms with Crippen LogP contribution in [0.25, 0.3) is 10.9 Å². The molecule has 0 spiro atoms. The summed E-state index contributed by atoms with van der Waals surface area (Å²) in [6.07, 6.45) is 1.70. The molecule has 4 rings (SSSR count). The minimum Gasteiger partial charge on any atom is -0.379 e. The molecule has 2 heterocycles. The van der Waals surface area contributed by atoms with Crippen LogP contribution in [0.3, 0.4) is 0 Å². The molecule has 2 aromatic carbocycles. The number of rotatable bonds is 8. The summed E-state index contributed by atoms with van der Waals surface area (Å²) in [7, 11) is 0. The predicted molar refractivity (Wildman–Crippen MR) is 134 cm³/mol. The van der Waals surface area contributed by atoms with Gasteiger partial charge in [0.2, 0.25) is 5.91 Å². The number of anilines is 1. The normalized spacial score (nSPS) is 16.4. The fourth-order valence-electron chi connectivity index (χ4n) is 4.28. The lowest BCUT2D eigenvalue weighted by Gasteiger charge is -2.26. The number of fused-ring (bicyclic) bond motifs is 2. The summed E-state index contributed by atoms with van der Waals surface area (Å²) < 4.78 is 7.36. The highest BCUT2D eigenvalue weighted by Crippen LogP contribution is 2.34. The fourth-order valence-corrected chi connectivity index (χ4v) is 5.27. The van der Waals surface area contributed by atoms with Gasteiger partial charge in [0.25, 0.3) is 5.56 Å². The van der Waals surface area contributed by atoms with Crippen molar-refractivity contribution in [3.63, 3.8) is 0 Å². The quantitative estimate of drug-likeness (QED) is 0.275. The van der Waals surface area contributed by atoms with Gasteiger partial charge in [-0.15, -0.1) is 0 Å². The largest absolute Gasteiger partial charge is 0.379 e. The van der Waals surface area contributed by atoms with E-state index in [1.165, 1.54) is 17.3 Å². The van der Waals surface area contributed by atoms with Gasteiger partial charge in [0.1, 0.15) is 0 Å². The Morgan fingerprint density at radius 1 is 1.15 bits per heavy atom. The Hall–Kier alpha value is -2.64. The summed E-state index contributed by atoms with van der Waals surface area (Å²) in [4.78, 5) is 33.4. The van der Waals surface area contributed by atoms with Gasteiger partial charge < -0.3 is 9.64 Å². The lowest BCUT2D eigenvalue weighted by Crippen LogP contribution is -2.40. The van der Waals surface area contributed by atoms with Crippen LogP contribution in [0.4, 0.5) is 5.69 Å². The number of nitrogens with zero attached hydrogens (tertiary/aromatic N) is 3. The summed E-state index contributed by atoms with van der Waals surface area (Å²) in [5, 5.41) is 0.779. The molecule has 3 aromatic rings. The van der Waals surface area contributed by atoms with Crippen molar-refractivity contribution < 1.29 is 9.53 Å². The van der Waals surface area contributed by atoms with E-state index in [2.05, 4.69) is 13.0 Å². The van der Waals surface area contributed by atoms with E-state index in [1.54, 1.807) is 10.6 Å². The number of hydrogen-bond acceptors (Lipinski definition) is 5. The highest BCUT2D eigenvalue weighted by atomic mass is 32.2. The number of carbonyl (C=O) groups excluding carboxylic acids is 1. The lowest BCUT2D eigenvalue weighted by atomic mass is 10.1. The zero-order valence-electron chi connectivity index (χ0n) is 19.7. The van der Waals surface area contributed by atoms with Gasteiger partial charge >= 0.3 is 0 Å². The van der Waals surface area contributed by atoms with Crippen LogP contribution in [0.1, 0.15) is 39.7 Å². The summed E-state index contributed by atoms with van der Waals surface area (Å²) in [5.41, 5.74) is 2.75. The second-order valence-corrected chi connectivity index (χ2v) is 10.1. The van der Waals surface area contributed by atoms with Gasteiger partial charge in [-0.05, 0) is 64.3 Å². The van der Waals surface area contributed by atoms with Gasteiger partial charge in [0.15, 0.2) is 5.16 Å². The van der Waals surface area contributed by atoms with E-state index in [9.17, 15) is 9.59 Å². The molecule has 1 aromatic heterocycles. The van der Waals surface area contributed by atoms with Crippen LogP contribution in [0.5, 0.6) is 0 Å². The van der Waals surface area contributed by atoms with E-state index >= 15 is 0 Å². The van der Waals surface area contributed by atoms with Crippen molar-refractivity contribution in [3.05, 3.63) is 64.4 Å². The zero-order valence-corrected chi connectivity index (χ0v) is 20.5. The molecule has 0 N–H and O–H groups in total. The third-order valence-corrected chi connectivity index (χ3v) is 6.96. The SMILES string of the molecule is CC(C)OCCCn1c(S[C@@H](C)C(=O)N2c3ccccc3C[C@@H]2C)nc2ccccc2c1=O. The van der Waals surface area contributed by atoms with E-state index in [1.807, 2.05) is 62.1 Å². The molecule has 7 heteroatoms. The number of benzene rings is 2. The number of amides is 1. The van der Waals surface area contributed by atoms with Gasteiger partial charge in [0, 0.05) is 24.9 Å². The first-order chi connectivity index (χ1) is 15.9. The first-order valence-corrected chi connectivity index (χ1v) is 12.4. The van der Waals surface area contributed by atoms with E-state index in [4.69, 9.17) is 9.72 Å². The molecule has 1 aliphatic rings. The molecular weight excluding hydrogens is 434 g/mol. The molecule has 33 heavy (non-hydrogen) atoms. The van der Waals surface area contributed by atoms with Crippen LogP contribution in [0, 0.1) is 0 Å². The first-order valence-electron chi connectivity index (χ1n) is 11.6. The summed E-state index contributed by atoms with van der Waals surface area (Å²) in [6, 6.07) is 15.6. The van der Waals surface area contributed by atoms with Crippen LogP contribution >= 0.6 is 11.8 Å². The average Bonchev–Trinajstić information content (AvgIpc) is 3.13. The molecule has 0 unspecified atom stereocenters. The zero-order chi connectivity index (χ0) is 23.5. The molecule has 0 saturated heterocycles. The topological polar surface area (TPSA) is 64.4 Å². The molecule has 2 atom stereocenters. The lowest BCUT2D eigenvalue weighted by molar-refractivity contribution is -0.118. The smallest absolute Gasteiger partial charge is 0.262 e. The van der Waals surface area contributed by atoms with E-state index in [0.717, 1.165) is 12.1 Å². The summed E-state index contributed by atoms with van der Waals surface area (Å²) in [6.45, 7) is 9.03. The van der Waals surface area contributed by atoms with Crippen LogP contribution < -0.4 is 10.5 Å². The first kappa shape index (κ1) is 23.5. The summed E-state index contributed by atoms with van der Waals surface area (Å²) >= 11 is 1.36. The Bertz CT molecular complexity index is 1210.